The third-order valence-electron chi connectivity index (χ3n) is 6.48. The van der Waals surface area contributed by atoms with Crippen LogP contribution < -0.4 is 0 Å². The molecule has 36 heavy (non-hydrogen) atoms. The third kappa shape index (κ3) is 15.4. The average molecular weight is 666 g/mol. The van der Waals surface area contributed by atoms with E-state index in [2.05, 4.69) is 54.0 Å². The van der Waals surface area contributed by atoms with Crippen LogP contribution in [0.15, 0.2) is 70.3 Å². The largest absolute Gasteiger partial charge is 0.389 e. The van der Waals surface area contributed by atoms with E-state index in [0.717, 1.165) is 21.2 Å². The van der Waals surface area contributed by atoms with E-state index in [0.29, 0.717) is 0 Å². The van der Waals surface area contributed by atoms with Gasteiger partial charge in [-0.25, -0.2) is 0 Å². The van der Waals surface area contributed by atoms with Crippen LogP contribution >= 0.6 is 15.9 Å². The van der Waals surface area contributed by atoms with E-state index >= 15 is 0 Å². The maximum Gasteiger partial charge on any atom is 0.0762 e. The zero-order valence-electron chi connectivity index (χ0n) is 23.5. The molecule has 202 valence electrons. The summed E-state index contributed by atoms with van der Waals surface area (Å²) in [5.74, 6) is 0. The topological polar surface area (TPSA) is 40.5 Å². The van der Waals surface area contributed by atoms with Crippen LogP contribution in [-0.4, -0.2) is 28.6 Å². The van der Waals surface area contributed by atoms with Gasteiger partial charge in [-0.1, -0.05) is 58.9 Å². The molecule has 2 rings (SSSR count). The Labute approximate surface area is 234 Å². The number of halogens is 1. The summed E-state index contributed by atoms with van der Waals surface area (Å²) < 4.78 is 8.17. The van der Waals surface area contributed by atoms with Crippen molar-refractivity contribution in [2.75, 3.05) is 0 Å². The van der Waals surface area contributed by atoms with Crippen molar-refractivity contribution in [1.82, 2.24) is 0 Å². The summed E-state index contributed by atoms with van der Waals surface area (Å²) >= 11 is 1.47. The first kappa shape index (κ1) is 35.1. The first-order chi connectivity index (χ1) is 17.2. The predicted molar refractivity (Wildman–Crippen MR) is 167 cm³/mol. The molecular weight excluding hydrogens is 615 g/mol. The first-order valence-electron chi connectivity index (χ1n) is 13.7. The number of hydrogen-bond donors (Lipinski definition) is 2. The van der Waals surface area contributed by atoms with Crippen molar-refractivity contribution in [3.05, 3.63) is 86.9 Å². The molecule has 0 saturated carbocycles. The van der Waals surface area contributed by atoms with Crippen LogP contribution in [0, 0.1) is 0 Å². The molecule has 0 saturated heterocycles. The number of aliphatic hydroxyl groups is 2. The molecule has 0 spiro atoms. The van der Waals surface area contributed by atoms with E-state index in [1.165, 1.54) is 38.5 Å². The van der Waals surface area contributed by atoms with E-state index in [1.54, 1.807) is 33.2 Å². The van der Waals surface area contributed by atoms with E-state index in [9.17, 15) is 5.11 Å². The van der Waals surface area contributed by atoms with Crippen LogP contribution in [-0.2, 0) is 0 Å². The maximum atomic E-state index is 9.21. The van der Waals surface area contributed by atoms with Gasteiger partial charge in [0, 0.05) is 4.47 Å². The van der Waals surface area contributed by atoms with Gasteiger partial charge in [-0.3, -0.25) is 0 Å². The smallest absolute Gasteiger partial charge is 0.0762 e. The zero-order chi connectivity index (χ0) is 27.4. The van der Waals surface area contributed by atoms with Gasteiger partial charge in [-0.15, -0.1) is 0 Å². The maximum absolute atomic E-state index is 9.21. The Kier molecular flexibility index (Phi) is 20.6. The number of unbranched alkanes of at least 4 members (excludes halogenated alkanes) is 3. The Morgan fingerprint density at radius 3 is 1.56 bits per heavy atom. The van der Waals surface area contributed by atoms with Gasteiger partial charge in [0.15, 0.2) is 0 Å². The van der Waals surface area contributed by atoms with Crippen LogP contribution in [0.3, 0.4) is 0 Å². The third-order valence-corrected chi connectivity index (χ3v) is 21.0. The summed E-state index contributed by atoms with van der Waals surface area (Å²) in [4.78, 5) is 0. The van der Waals surface area contributed by atoms with Crippen molar-refractivity contribution in [1.29, 1.82) is 0 Å². The molecule has 2 nitrogen and oxygen atoms in total. The van der Waals surface area contributed by atoms with Crippen molar-refractivity contribution >= 4 is 40.4 Å². The fraction of sp³-hybridized carbons (Fsp3) is 0.500. The minimum absolute atomic E-state index is 0.377. The molecule has 2 atom stereocenters. The van der Waals surface area contributed by atoms with Gasteiger partial charge in [0.1, 0.15) is 0 Å². The Bertz CT molecular complexity index is 826. The SMILES string of the molecule is C=Cc1cccc([C@@H](C)O)c1.C=[CH][Sn]([CH2]CCC)([CH2]CCC)[CH2]CCC.C[C@@H](O)c1cccc(Br)c1. The fourth-order valence-corrected chi connectivity index (χ4v) is 17.3. The second-order valence-corrected chi connectivity index (χ2v) is 23.8. The second-order valence-electron chi connectivity index (χ2n) is 9.66. The summed E-state index contributed by atoms with van der Waals surface area (Å²) in [6, 6.07) is 15.4. The fourth-order valence-electron chi connectivity index (χ4n) is 3.98. The summed E-state index contributed by atoms with van der Waals surface area (Å²) in [6.45, 7) is 18.3. The van der Waals surface area contributed by atoms with Gasteiger partial charge in [0.05, 0.1) is 12.2 Å². The second kappa shape index (κ2) is 21.1. The van der Waals surface area contributed by atoms with Gasteiger partial charge < -0.3 is 10.2 Å². The molecule has 2 aromatic rings. The van der Waals surface area contributed by atoms with Gasteiger partial charge in [-0.05, 0) is 48.7 Å². The Balaban J connectivity index is 0.000000522. The molecule has 0 heterocycles. The molecule has 0 amide bonds. The first-order valence-corrected chi connectivity index (χ1v) is 22.2. The number of aliphatic hydroxyl groups excluding tert-OH is 2. The van der Waals surface area contributed by atoms with Crippen molar-refractivity contribution in [2.24, 2.45) is 0 Å². The van der Waals surface area contributed by atoms with E-state index in [1.807, 2.05) is 48.5 Å². The van der Waals surface area contributed by atoms with Crippen molar-refractivity contribution in [2.45, 2.75) is 98.7 Å². The molecular formula is C32H51BrO2Sn. The Morgan fingerprint density at radius 1 is 0.778 bits per heavy atom. The van der Waals surface area contributed by atoms with Crippen LogP contribution in [0.5, 0.6) is 0 Å². The predicted octanol–water partition coefficient (Wildman–Crippen LogP) is 10.4. The van der Waals surface area contributed by atoms with Crippen LogP contribution in [0.25, 0.3) is 6.08 Å². The van der Waals surface area contributed by atoms with Crippen molar-refractivity contribution in [3.63, 3.8) is 0 Å². The quantitative estimate of drug-likeness (QED) is 0.209. The summed E-state index contributed by atoms with van der Waals surface area (Å²) in [6.07, 6.45) is 9.46. The van der Waals surface area contributed by atoms with Crippen molar-refractivity contribution < 1.29 is 10.2 Å². The van der Waals surface area contributed by atoms with E-state index in [-0.39, 0.29) is 6.10 Å². The normalized spacial score (nSPS) is 12.3. The summed E-state index contributed by atoms with van der Waals surface area (Å²) in [5, 5.41) is 18.3. The molecule has 0 aliphatic rings. The zero-order valence-corrected chi connectivity index (χ0v) is 27.9. The van der Waals surface area contributed by atoms with Crippen molar-refractivity contribution in [3.8, 4) is 0 Å². The Hall–Kier alpha value is -0.881. The Morgan fingerprint density at radius 2 is 1.22 bits per heavy atom. The number of rotatable bonds is 13. The molecule has 2 N–H and O–H groups in total. The molecule has 0 unspecified atom stereocenters. The van der Waals surface area contributed by atoms with Crippen LogP contribution in [0.2, 0.25) is 13.3 Å². The number of benzene rings is 2. The van der Waals surface area contributed by atoms with E-state index in [4.69, 9.17) is 5.11 Å². The molecule has 0 aromatic heterocycles. The van der Waals surface area contributed by atoms with Gasteiger partial charge in [0.2, 0.25) is 0 Å². The standard InChI is InChI=1S/C10H12O.C8H9BrO.3C4H9.C2H3.Sn/c1-3-9-5-4-6-10(7-9)8(2)11;1-6(10)7-3-2-4-8(9)5-7;3*1-3-4-2;1-2;/h3-8,11H,1H2,2H3;2-6,10H,1H3;3*1,3-4H2,2H3;1H,2H2;/t8-;6-;;;;;/m11...../s1. The van der Waals surface area contributed by atoms with Gasteiger partial charge >= 0.3 is 102 Å². The monoisotopic (exact) mass is 666 g/mol. The minimum Gasteiger partial charge on any atom is -0.389 e. The summed E-state index contributed by atoms with van der Waals surface area (Å²) in [5.41, 5.74) is 2.92. The van der Waals surface area contributed by atoms with Gasteiger partial charge in [-0.2, -0.15) is 0 Å². The number of hydrogen-bond acceptors (Lipinski definition) is 2. The van der Waals surface area contributed by atoms with Crippen LogP contribution in [0.1, 0.15) is 102 Å². The average Bonchev–Trinajstić information content (AvgIpc) is 2.89. The molecule has 0 radical (unpaired) electrons. The molecule has 2 aromatic carbocycles. The molecule has 4 heteroatoms. The molecule has 0 fully saturated rings. The summed E-state index contributed by atoms with van der Waals surface area (Å²) in [7, 11) is 0. The molecule has 0 aliphatic carbocycles. The molecule has 0 bridgehead atoms. The molecule has 0 aliphatic heterocycles. The van der Waals surface area contributed by atoms with E-state index < -0.39 is 24.5 Å². The van der Waals surface area contributed by atoms with Gasteiger partial charge in [0.25, 0.3) is 0 Å². The minimum atomic E-state index is -1.85. The van der Waals surface area contributed by atoms with Crippen LogP contribution in [0.4, 0.5) is 0 Å².